The Kier molecular flexibility index (Phi) is 17.1. The summed E-state index contributed by atoms with van der Waals surface area (Å²) in [6, 6.07) is -4.61. The third kappa shape index (κ3) is 14.6. The first-order valence-electron chi connectivity index (χ1n) is 11.1. The van der Waals surface area contributed by atoms with Crippen molar-refractivity contribution in [2.45, 2.75) is 56.3 Å². The van der Waals surface area contributed by atoms with E-state index in [1.807, 2.05) is 6.26 Å². The zero-order valence-corrected chi connectivity index (χ0v) is 22.2. The van der Waals surface area contributed by atoms with Crippen LogP contribution < -0.4 is 38.9 Å². The van der Waals surface area contributed by atoms with E-state index in [9.17, 15) is 29.1 Å². The number of aliphatic imine (C=N–C) groups is 1. The molecule has 0 radical (unpaired) electrons. The number of nitrogens with zero attached hydrogens (tertiary/aromatic N) is 1. The number of rotatable bonds is 19. The topological polar surface area (TPSA) is 258 Å². The van der Waals surface area contributed by atoms with E-state index in [-0.39, 0.29) is 31.8 Å². The van der Waals surface area contributed by atoms with Crippen molar-refractivity contribution in [1.29, 1.82) is 0 Å². The van der Waals surface area contributed by atoms with Crippen LogP contribution in [0.2, 0.25) is 0 Å². The number of hydrogen-bond acceptors (Lipinski definition) is 9. The van der Waals surface area contributed by atoms with Gasteiger partial charge in [-0.3, -0.25) is 24.2 Å². The fourth-order valence-corrected chi connectivity index (χ4v) is 3.82. The molecule has 4 amide bonds. The molecule has 36 heavy (non-hydrogen) atoms. The third-order valence-corrected chi connectivity index (χ3v) is 6.10. The Hall–Kier alpha value is -2.72. The van der Waals surface area contributed by atoms with Crippen LogP contribution in [0, 0.1) is 0 Å². The maximum absolute atomic E-state index is 13.0. The highest BCUT2D eigenvalue weighted by atomic mass is 32.2. The lowest BCUT2D eigenvalue weighted by Gasteiger charge is -2.24. The van der Waals surface area contributed by atoms with E-state index in [1.54, 1.807) is 6.26 Å². The van der Waals surface area contributed by atoms with Crippen molar-refractivity contribution in [3.8, 4) is 0 Å². The van der Waals surface area contributed by atoms with Gasteiger partial charge in [-0.15, -0.1) is 0 Å². The first-order chi connectivity index (χ1) is 16.9. The van der Waals surface area contributed by atoms with Crippen LogP contribution in [0.4, 0.5) is 0 Å². The lowest BCUT2D eigenvalue weighted by molar-refractivity contribution is -0.142. The molecular formula is C20H38N8O6S2. The normalized spacial score (nSPS) is 14.0. The smallest absolute Gasteiger partial charge is 0.326 e. The van der Waals surface area contributed by atoms with Gasteiger partial charge in [0.15, 0.2) is 5.96 Å². The van der Waals surface area contributed by atoms with Crippen molar-refractivity contribution in [2.24, 2.45) is 27.9 Å². The number of carbonyl (C=O) groups is 5. The monoisotopic (exact) mass is 550 g/mol. The molecule has 0 aliphatic heterocycles. The minimum Gasteiger partial charge on any atom is -0.480 e. The molecule has 14 nitrogen and oxygen atoms in total. The van der Waals surface area contributed by atoms with Gasteiger partial charge in [-0.2, -0.15) is 23.5 Å². The van der Waals surface area contributed by atoms with E-state index in [0.29, 0.717) is 17.9 Å². The van der Waals surface area contributed by atoms with Gasteiger partial charge in [0.25, 0.3) is 0 Å². The summed E-state index contributed by atoms with van der Waals surface area (Å²) in [6.45, 7) is 0.290. The number of nitrogens with two attached hydrogens (primary N) is 4. The molecule has 0 saturated carbocycles. The highest BCUT2D eigenvalue weighted by molar-refractivity contribution is 7.98. The average molecular weight is 551 g/mol. The van der Waals surface area contributed by atoms with Crippen LogP contribution in [-0.4, -0.2) is 95.4 Å². The van der Waals surface area contributed by atoms with E-state index in [1.165, 1.54) is 23.5 Å². The standard InChI is InChI=1S/C20H38N8O6S2/c1-35-8-5-12(26-16(30)11(21)4-3-7-25-20(23)24)17(31)28-14(10-15(22)29)18(32)27-13(19(33)34)6-9-36-2/h11-14H,3-10,21H2,1-2H3,(H2,22,29)(H,26,30)(H,27,32)(H,28,31)(H,33,34)(H4,23,24,25). The van der Waals surface area contributed by atoms with Crippen molar-refractivity contribution in [2.75, 3.05) is 30.6 Å². The Bertz CT molecular complexity index is 781. The summed E-state index contributed by atoms with van der Waals surface area (Å²) in [6.07, 6.45) is 4.11. The predicted octanol–water partition coefficient (Wildman–Crippen LogP) is -2.71. The van der Waals surface area contributed by atoms with Crippen molar-refractivity contribution >= 4 is 59.1 Å². The highest BCUT2D eigenvalue weighted by Gasteiger charge is 2.31. The highest BCUT2D eigenvalue weighted by Crippen LogP contribution is 2.06. The van der Waals surface area contributed by atoms with Crippen LogP contribution in [0.1, 0.15) is 32.1 Å². The fourth-order valence-electron chi connectivity index (χ4n) is 2.88. The molecule has 0 aromatic carbocycles. The number of amides is 4. The van der Waals surface area contributed by atoms with Crippen molar-refractivity contribution in [3.05, 3.63) is 0 Å². The van der Waals surface area contributed by atoms with E-state index in [2.05, 4.69) is 20.9 Å². The van der Waals surface area contributed by atoms with E-state index >= 15 is 0 Å². The van der Waals surface area contributed by atoms with Gasteiger partial charge < -0.3 is 44.0 Å². The van der Waals surface area contributed by atoms with Gasteiger partial charge in [0.1, 0.15) is 18.1 Å². The van der Waals surface area contributed by atoms with Gasteiger partial charge >= 0.3 is 5.97 Å². The minimum atomic E-state index is -1.42. The van der Waals surface area contributed by atoms with E-state index in [0.717, 1.165) is 0 Å². The van der Waals surface area contributed by atoms with Crippen LogP contribution in [-0.2, 0) is 24.0 Å². The number of nitrogens with one attached hydrogen (secondary N) is 3. The number of primary amides is 1. The number of carbonyl (C=O) groups excluding carboxylic acids is 4. The van der Waals surface area contributed by atoms with Crippen LogP contribution in [0.15, 0.2) is 4.99 Å². The van der Waals surface area contributed by atoms with E-state index in [4.69, 9.17) is 22.9 Å². The third-order valence-electron chi connectivity index (χ3n) is 4.81. The zero-order valence-electron chi connectivity index (χ0n) is 20.5. The summed E-state index contributed by atoms with van der Waals surface area (Å²) >= 11 is 2.84. The Labute approximate surface area is 218 Å². The molecule has 0 saturated heterocycles. The molecule has 206 valence electrons. The molecule has 0 aliphatic rings. The molecule has 12 N–H and O–H groups in total. The lowest BCUT2D eigenvalue weighted by Crippen LogP contribution is -2.57. The van der Waals surface area contributed by atoms with E-state index < -0.39 is 60.2 Å². The molecule has 0 bridgehead atoms. The number of thioether (sulfide) groups is 2. The van der Waals surface area contributed by atoms with Crippen LogP contribution in [0.25, 0.3) is 0 Å². The second-order valence-electron chi connectivity index (χ2n) is 7.81. The minimum absolute atomic E-state index is 0.0738. The van der Waals surface area contributed by atoms with Crippen molar-refractivity contribution < 1.29 is 29.1 Å². The lowest BCUT2D eigenvalue weighted by atomic mass is 10.1. The Morgan fingerprint density at radius 1 is 0.806 bits per heavy atom. The van der Waals surface area contributed by atoms with Gasteiger partial charge in [-0.1, -0.05) is 0 Å². The summed E-state index contributed by atoms with van der Waals surface area (Å²) in [4.78, 5) is 65.0. The molecule has 0 heterocycles. The quantitative estimate of drug-likeness (QED) is 0.0465. The second kappa shape index (κ2) is 18.5. The number of aliphatic carboxylic acids is 1. The van der Waals surface area contributed by atoms with Gasteiger partial charge in [-0.05, 0) is 49.7 Å². The molecule has 4 atom stereocenters. The Morgan fingerprint density at radius 2 is 1.31 bits per heavy atom. The molecule has 0 aromatic heterocycles. The van der Waals surface area contributed by atoms with Crippen LogP contribution in [0.3, 0.4) is 0 Å². The van der Waals surface area contributed by atoms with Crippen LogP contribution >= 0.6 is 23.5 Å². The van der Waals surface area contributed by atoms with Gasteiger partial charge in [0.05, 0.1) is 12.5 Å². The summed E-state index contributed by atoms with van der Waals surface area (Å²) in [5.74, 6) is -3.42. The van der Waals surface area contributed by atoms with Gasteiger partial charge in [-0.25, -0.2) is 4.79 Å². The largest absolute Gasteiger partial charge is 0.480 e. The summed E-state index contributed by atoms with van der Waals surface area (Å²) < 4.78 is 0. The molecule has 0 rings (SSSR count). The molecule has 0 aliphatic carbocycles. The first kappa shape index (κ1) is 33.3. The molecular weight excluding hydrogens is 512 g/mol. The second-order valence-corrected chi connectivity index (χ2v) is 9.78. The zero-order chi connectivity index (χ0) is 27.7. The molecule has 0 spiro atoms. The van der Waals surface area contributed by atoms with Gasteiger partial charge in [0.2, 0.25) is 23.6 Å². The summed E-state index contributed by atoms with van der Waals surface area (Å²) in [5.41, 5.74) is 21.6. The summed E-state index contributed by atoms with van der Waals surface area (Å²) in [7, 11) is 0. The maximum atomic E-state index is 13.0. The Balaban J connectivity index is 5.35. The van der Waals surface area contributed by atoms with Gasteiger partial charge in [0, 0.05) is 6.54 Å². The number of carboxylic acid groups (broad SMARTS) is 1. The molecule has 0 fully saturated rings. The molecule has 4 unspecified atom stereocenters. The Morgan fingerprint density at radius 3 is 1.81 bits per heavy atom. The summed E-state index contributed by atoms with van der Waals surface area (Å²) in [5, 5.41) is 16.6. The van der Waals surface area contributed by atoms with Crippen molar-refractivity contribution in [1.82, 2.24) is 16.0 Å². The van der Waals surface area contributed by atoms with Crippen molar-refractivity contribution in [3.63, 3.8) is 0 Å². The molecule has 16 heteroatoms. The number of hydrogen-bond donors (Lipinski definition) is 8. The number of carboxylic acids is 1. The average Bonchev–Trinajstić information content (AvgIpc) is 2.80. The first-order valence-corrected chi connectivity index (χ1v) is 13.9. The maximum Gasteiger partial charge on any atom is 0.326 e. The predicted molar refractivity (Wildman–Crippen MR) is 141 cm³/mol. The molecule has 0 aromatic rings. The fraction of sp³-hybridized carbons (Fsp3) is 0.700. The SMILES string of the molecule is CSCCC(NC(=O)C(CC(N)=O)NC(=O)C(CCSC)NC(=O)C(N)CCCN=C(N)N)C(=O)O. The van der Waals surface area contributed by atoms with Crippen LogP contribution in [0.5, 0.6) is 0 Å². The number of guanidine groups is 1.